The Morgan fingerprint density at radius 2 is 1.11 bits per heavy atom. The van der Waals surface area contributed by atoms with E-state index in [9.17, 15) is 19.2 Å². The average Bonchev–Trinajstić information content (AvgIpc) is 3.98. The van der Waals surface area contributed by atoms with Gasteiger partial charge in [0.1, 0.15) is 41.0 Å². The zero-order valence-electron chi connectivity index (χ0n) is 44.7. The lowest BCUT2D eigenvalue weighted by atomic mass is 9.85. The molecule has 0 saturated heterocycles. The number of carbonyl (C=O) groups is 4. The van der Waals surface area contributed by atoms with Crippen LogP contribution < -0.4 is 37.2 Å². The van der Waals surface area contributed by atoms with Crippen LogP contribution in [0.15, 0.2) is 48.8 Å². The number of carboxylic acid groups (broad SMARTS) is 1. The molecule has 4 aromatic heterocycles. The summed E-state index contributed by atoms with van der Waals surface area (Å²) >= 11 is 3.39. The molecule has 6 rings (SSSR count). The lowest BCUT2D eigenvalue weighted by Crippen LogP contribution is -2.46. The molecule has 0 aliphatic heterocycles. The molecular weight excluding hydrogens is 1000 g/mol. The molecule has 8 N–H and O–H groups in total. The molecular formula is C50H80N16O5S3. The molecule has 408 valence electrons. The molecule has 4 aromatic rings. The van der Waals surface area contributed by atoms with E-state index >= 15 is 0 Å². The van der Waals surface area contributed by atoms with Crippen molar-refractivity contribution in [1.82, 2.24) is 60.6 Å². The number of thiazole rings is 2. The summed E-state index contributed by atoms with van der Waals surface area (Å²) in [5.41, 5.74) is 0. The van der Waals surface area contributed by atoms with E-state index in [0.717, 1.165) is 46.0 Å². The van der Waals surface area contributed by atoms with E-state index < -0.39 is 12.0 Å². The summed E-state index contributed by atoms with van der Waals surface area (Å²) in [6.07, 6.45) is 19.1. The van der Waals surface area contributed by atoms with Gasteiger partial charge in [0.15, 0.2) is 10.3 Å². The molecule has 2 saturated carbocycles. The maximum Gasteiger partial charge on any atom is 0.328 e. The highest BCUT2D eigenvalue weighted by molar-refractivity contribution is 7.59. The van der Waals surface area contributed by atoms with E-state index in [2.05, 4.69) is 67.1 Å². The third-order valence-electron chi connectivity index (χ3n) is 11.8. The van der Waals surface area contributed by atoms with Crippen molar-refractivity contribution < 1.29 is 24.3 Å². The van der Waals surface area contributed by atoms with Crippen molar-refractivity contribution in [2.24, 2.45) is 0 Å². The number of anilines is 6. The first-order valence-electron chi connectivity index (χ1n) is 25.0. The van der Waals surface area contributed by atoms with Crippen LogP contribution in [-0.2, 0) is 32.0 Å². The summed E-state index contributed by atoms with van der Waals surface area (Å²) in [6.45, 7) is 10.9. The van der Waals surface area contributed by atoms with Crippen LogP contribution in [-0.4, -0.2) is 167 Å². The Kier molecular flexibility index (Phi) is 28.0. The lowest BCUT2D eigenvalue weighted by molar-refractivity contribution is -0.135. The number of aromatic nitrogens is 6. The molecule has 0 unspecified atom stereocenters. The molecule has 2 fully saturated rings. The molecule has 2 atom stereocenters. The van der Waals surface area contributed by atoms with Crippen LogP contribution in [0.5, 0.6) is 0 Å². The van der Waals surface area contributed by atoms with Gasteiger partial charge in [-0.2, -0.15) is 13.5 Å². The summed E-state index contributed by atoms with van der Waals surface area (Å²) in [7, 11) is 11.0. The summed E-state index contributed by atoms with van der Waals surface area (Å²) in [5.74, 6) is 4.34. The highest BCUT2D eigenvalue weighted by Gasteiger charge is 2.24. The number of aliphatic carboxylic acids is 1. The fourth-order valence-corrected chi connectivity index (χ4v) is 8.67. The lowest BCUT2D eigenvalue weighted by Gasteiger charge is -2.23. The number of nitrogens with zero attached hydrogens (tertiary/aromatic N) is 9. The van der Waals surface area contributed by atoms with Gasteiger partial charge < -0.3 is 57.0 Å². The Hall–Kier alpha value is -5.79. The second-order valence-electron chi connectivity index (χ2n) is 18.2. The van der Waals surface area contributed by atoms with Gasteiger partial charge in [0, 0.05) is 106 Å². The van der Waals surface area contributed by atoms with Gasteiger partial charge >= 0.3 is 5.97 Å². The number of amides is 3. The average molecular weight is 1080 g/mol. The van der Waals surface area contributed by atoms with Gasteiger partial charge in [-0.05, 0) is 86.6 Å². The largest absolute Gasteiger partial charge is 0.478 e. The van der Waals surface area contributed by atoms with Crippen LogP contribution >= 0.6 is 36.2 Å². The molecule has 2 aliphatic carbocycles. The van der Waals surface area contributed by atoms with E-state index in [1.165, 1.54) is 59.3 Å². The van der Waals surface area contributed by atoms with Crippen molar-refractivity contribution in [1.29, 1.82) is 0 Å². The maximum absolute atomic E-state index is 12.5. The van der Waals surface area contributed by atoms with Gasteiger partial charge in [0.2, 0.25) is 17.7 Å². The smallest absolute Gasteiger partial charge is 0.328 e. The molecule has 0 aromatic carbocycles. The van der Waals surface area contributed by atoms with Crippen molar-refractivity contribution in [3.05, 3.63) is 70.2 Å². The molecule has 0 spiro atoms. The van der Waals surface area contributed by atoms with Crippen LogP contribution in [0.4, 0.5) is 33.5 Å². The van der Waals surface area contributed by atoms with Crippen molar-refractivity contribution in [2.75, 3.05) is 103 Å². The number of hydrogen-bond acceptors (Lipinski definition) is 19. The monoisotopic (exact) mass is 1080 g/mol. The van der Waals surface area contributed by atoms with E-state index in [-0.39, 0.29) is 37.3 Å². The minimum Gasteiger partial charge on any atom is -0.478 e. The van der Waals surface area contributed by atoms with Crippen LogP contribution in [0, 0.1) is 0 Å². The number of rotatable bonds is 26. The SMILES string of the molecule is CCc1nc(NCCNC(=O)[C@H](C)N(C)C(=O)/C=C/CN(C)C)cc(Nc2ncc(C3CCC3)s2)n1.CCc1nc(NCCNC(=O)[C@H](C)NC)cc(Nc2ncc(C3CCC3)s2)n1.CN(C)C/C=C/C(=O)O.S. The second-order valence-corrected chi connectivity index (χ2v) is 20.3. The first kappa shape index (κ1) is 62.5. The Morgan fingerprint density at radius 1 is 0.676 bits per heavy atom. The van der Waals surface area contributed by atoms with Crippen molar-refractivity contribution in [3.8, 4) is 0 Å². The highest BCUT2D eigenvalue weighted by atomic mass is 32.1. The van der Waals surface area contributed by atoms with Gasteiger partial charge in [-0.25, -0.2) is 34.7 Å². The first-order valence-corrected chi connectivity index (χ1v) is 26.7. The number of hydrogen-bond donors (Lipinski definition) is 8. The summed E-state index contributed by atoms with van der Waals surface area (Å²) in [4.78, 5) is 81.6. The van der Waals surface area contributed by atoms with Crippen molar-refractivity contribution >= 4 is 93.4 Å². The zero-order valence-corrected chi connectivity index (χ0v) is 47.4. The summed E-state index contributed by atoms with van der Waals surface area (Å²) < 4.78 is 0. The summed E-state index contributed by atoms with van der Waals surface area (Å²) in [6, 6.07) is 2.94. The van der Waals surface area contributed by atoms with Crippen LogP contribution in [0.25, 0.3) is 0 Å². The van der Waals surface area contributed by atoms with Gasteiger partial charge in [0.25, 0.3) is 0 Å². The molecule has 2 aliphatic rings. The Bertz CT molecular complexity index is 2410. The first-order chi connectivity index (χ1) is 35.0. The van der Waals surface area contributed by atoms with E-state index in [0.29, 0.717) is 69.2 Å². The minimum atomic E-state index is -0.892. The molecule has 21 nitrogen and oxygen atoms in total. The number of likely N-dealkylation sites (N-methyl/N-ethyl adjacent to an activating group) is 4. The van der Waals surface area contributed by atoms with Gasteiger partial charge in [-0.1, -0.05) is 38.8 Å². The van der Waals surface area contributed by atoms with Crippen LogP contribution in [0.3, 0.4) is 0 Å². The maximum atomic E-state index is 12.5. The third kappa shape index (κ3) is 22.4. The normalized spacial score (nSPS) is 14.1. The fraction of sp³-hybridized carbons (Fsp3) is 0.560. The molecule has 4 heterocycles. The Balaban J connectivity index is 0.000000337. The van der Waals surface area contributed by atoms with Gasteiger partial charge in [-0.3, -0.25) is 14.4 Å². The third-order valence-corrected chi connectivity index (χ3v) is 13.9. The van der Waals surface area contributed by atoms with Gasteiger partial charge in [-0.15, -0.1) is 22.7 Å². The van der Waals surface area contributed by atoms with E-state index in [4.69, 9.17) is 5.11 Å². The highest BCUT2D eigenvalue weighted by Crippen LogP contribution is 2.41. The molecule has 3 amide bonds. The predicted octanol–water partition coefficient (Wildman–Crippen LogP) is 5.94. The topological polar surface area (TPSA) is 260 Å². The van der Waals surface area contributed by atoms with Crippen molar-refractivity contribution in [2.45, 2.75) is 103 Å². The number of nitrogens with one attached hydrogen (secondary N) is 7. The molecule has 0 radical (unpaired) electrons. The summed E-state index contributed by atoms with van der Waals surface area (Å²) in [5, 5.41) is 31.6. The van der Waals surface area contributed by atoms with Crippen LogP contribution in [0.1, 0.15) is 99.5 Å². The second kappa shape index (κ2) is 33.2. The molecule has 74 heavy (non-hydrogen) atoms. The number of aryl methyl sites for hydroxylation is 2. The van der Waals surface area contributed by atoms with Gasteiger partial charge in [0.05, 0.1) is 6.04 Å². The standard InChI is InChI=1S/C25H38N8O2S.C19H29N7OS.C6H11NO2.H2S/c1-6-20-29-21(15-22(30-20)31-25-28-16-19(36-25)18-9-7-10-18)26-12-13-27-24(35)17(2)33(5)23(34)11-8-14-32(3)4;1-4-15-24-16(21-8-9-22-18(27)12(2)20-3)10-17(25-15)26-19-23-11-14(28-19)13-6-5-7-13;1-7(2)5-3-4-6(8)9;/h8,11,15-18H,6-7,9-10,12-14H2,1-5H3,(H,27,35)(H2,26,28,29,30,31);10-13,20H,4-9H2,1-3H3,(H,22,27)(H2,21,23,24,25,26);3-4H,5H2,1-2H3,(H,8,9);1H2/b11-8+;;4-3+;/t17-;12-;;/m00../s1. The van der Waals surface area contributed by atoms with E-state index in [1.54, 1.807) is 55.8 Å². The fourth-order valence-electron chi connectivity index (χ4n) is 6.69. The Labute approximate surface area is 452 Å². The number of carboxylic acids is 1. The molecule has 24 heteroatoms. The Morgan fingerprint density at radius 3 is 1.50 bits per heavy atom. The van der Waals surface area contributed by atoms with E-state index in [1.807, 2.05) is 83.3 Å². The number of carbonyl (C=O) groups excluding carboxylic acids is 3. The predicted molar refractivity (Wildman–Crippen MR) is 304 cm³/mol. The zero-order chi connectivity index (χ0) is 53.3. The quantitative estimate of drug-likeness (QED) is 0.0267. The minimum absolute atomic E-state index is 0. The molecule has 0 bridgehead atoms. The van der Waals surface area contributed by atoms with Crippen LogP contribution in [0.2, 0.25) is 0 Å². The van der Waals surface area contributed by atoms with Crippen molar-refractivity contribution in [3.63, 3.8) is 0 Å².